The van der Waals surface area contributed by atoms with Gasteiger partial charge in [0.1, 0.15) is 23.8 Å². The minimum atomic E-state index is -0.264. The molecule has 118 valence electrons. The van der Waals surface area contributed by atoms with E-state index < -0.39 is 0 Å². The molecule has 6 nitrogen and oxygen atoms in total. The van der Waals surface area contributed by atoms with Crippen molar-refractivity contribution < 1.29 is 9.53 Å². The Hall–Kier alpha value is -1.69. The van der Waals surface area contributed by atoms with Crippen LogP contribution < -0.4 is 10.2 Å². The van der Waals surface area contributed by atoms with Crippen molar-refractivity contribution in [2.75, 3.05) is 18.1 Å². The van der Waals surface area contributed by atoms with Crippen molar-refractivity contribution in [1.29, 1.82) is 0 Å². The molecule has 2 bridgehead atoms. The SMILES string of the molecule is CCc1nc(CC)c2c(n1)N1CC3CCC(N3)C1COC2=O. The smallest absolute Gasteiger partial charge is 0.343 e. The third-order valence-corrected chi connectivity index (χ3v) is 5.08. The molecule has 2 saturated heterocycles. The third-order valence-electron chi connectivity index (χ3n) is 5.08. The zero-order chi connectivity index (χ0) is 15.3. The number of anilines is 1. The van der Waals surface area contributed by atoms with Gasteiger partial charge in [0.2, 0.25) is 0 Å². The van der Waals surface area contributed by atoms with Gasteiger partial charge in [-0.1, -0.05) is 13.8 Å². The van der Waals surface area contributed by atoms with Gasteiger partial charge in [-0.15, -0.1) is 0 Å². The Morgan fingerprint density at radius 2 is 2.14 bits per heavy atom. The molecule has 3 aliphatic heterocycles. The van der Waals surface area contributed by atoms with Gasteiger partial charge in [0.15, 0.2) is 0 Å². The van der Waals surface area contributed by atoms with Gasteiger partial charge in [0, 0.05) is 25.0 Å². The van der Waals surface area contributed by atoms with Crippen LogP contribution >= 0.6 is 0 Å². The largest absolute Gasteiger partial charge is 0.460 e. The highest BCUT2D eigenvalue weighted by molar-refractivity contribution is 5.96. The van der Waals surface area contributed by atoms with Gasteiger partial charge in [-0.2, -0.15) is 0 Å². The van der Waals surface area contributed by atoms with E-state index >= 15 is 0 Å². The van der Waals surface area contributed by atoms with Crippen molar-refractivity contribution in [2.24, 2.45) is 0 Å². The third kappa shape index (κ3) is 2.00. The fourth-order valence-corrected chi connectivity index (χ4v) is 3.95. The molecule has 3 unspecified atom stereocenters. The Morgan fingerprint density at radius 3 is 2.91 bits per heavy atom. The van der Waals surface area contributed by atoms with Crippen molar-refractivity contribution >= 4 is 11.8 Å². The number of hydrogen-bond acceptors (Lipinski definition) is 6. The van der Waals surface area contributed by atoms with E-state index in [9.17, 15) is 4.79 Å². The van der Waals surface area contributed by atoms with Crippen LogP contribution in [0.15, 0.2) is 0 Å². The molecular weight excluding hydrogens is 280 g/mol. The fourth-order valence-electron chi connectivity index (χ4n) is 3.95. The van der Waals surface area contributed by atoms with Crippen LogP contribution in [0.25, 0.3) is 0 Å². The zero-order valence-electron chi connectivity index (χ0n) is 13.1. The van der Waals surface area contributed by atoms with Gasteiger partial charge in [-0.3, -0.25) is 0 Å². The molecule has 4 heterocycles. The van der Waals surface area contributed by atoms with Gasteiger partial charge in [-0.05, 0) is 19.3 Å². The first kappa shape index (κ1) is 13.9. The molecule has 3 aliphatic rings. The molecule has 0 saturated carbocycles. The molecule has 4 rings (SSSR count). The summed E-state index contributed by atoms with van der Waals surface area (Å²) in [6, 6.07) is 1.07. The number of fused-ring (bicyclic) bond motifs is 6. The first-order valence-corrected chi connectivity index (χ1v) is 8.30. The summed E-state index contributed by atoms with van der Waals surface area (Å²) in [7, 11) is 0. The highest BCUT2D eigenvalue weighted by Crippen LogP contribution is 2.34. The Bertz CT molecular complexity index is 618. The number of ether oxygens (including phenoxy) is 1. The summed E-state index contributed by atoms with van der Waals surface area (Å²) in [4.78, 5) is 24.1. The maximum absolute atomic E-state index is 12.5. The van der Waals surface area contributed by atoms with Crippen LogP contribution in [0.1, 0.15) is 48.6 Å². The lowest BCUT2D eigenvalue weighted by Crippen LogP contribution is -2.59. The first-order chi connectivity index (χ1) is 10.7. The van der Waals surface area contributed by atoms with Crippen LogP contribution in [-0.4, -0.2) is 47.2 Å². The van der Waals surface area contributed by atoms with E-state index in [0.29, 0.717) is 24.3 Å². The van der Waals surface area contributed by atoms with Crippen LogP contribution in [0.2, 0.25) is 0 Å². The summed E-state index contributed by atoms with van der Waals surface area (Å²) in [5.74, 6) is 1.35. The van der Waals surface area contributed by atoms with E-state index in [4.69, 9.17) is 9.72 Å². The van der Waals surface area contributed by atoms with Crippen LogP contribution in [0.4, 0.5) is 5.82 Å². The number of piperazine rings is 1. The molecule has 0 aliphatic carbocycles. The van der Waals surface area contributed by atoms with Crippen LogP contribution in [0.3, 0.4) is 0 Å². The van der Waals surface area contributed by atoms with Crippen molar-refractivity contribution in [1.82, 2.24) is 15.3 Å². The highest BCUT2D eigenvalue weighted by atomic mass is 16.5. The second-order valence-corrected chi connectivity index (χ2v) is 6.36. The molecule has 0 amide bonds. The van der Waals surface area contributed by atoms with Gasteiger partial charge in [0.25, 0.3) is 0 Å². The monoisotopic (exact) mass is 302 g/mol. The average molecular weight is 302 g/mol. The minimum Gasteiger partial charge on any atom is -0.460 e. The lowest BCUT2D eigenvalue weighted by molar-refractivity contribution is 0.0474. The molecule has 1 aromatic heterocycles. The van der Waals surface area contributed by atoms with Gasteiger partial charge in [0.05, 0.1) is 11.7 Å². The number of aryl methyl sites for hydroxylation is 2. The number of carbonyl (C=O) groups excluding carboxylic acids is 1. The van der Waals surface area contributed by atoms with Crippen molar-refractivity contribution in [3.05, 3.63) is 17.1 Å². The second kappa shape index (κ2) is 5.19. The Kier molecular flexibility index (Phi) is 3.29. The van der Waals surface area contributed by atoms with Crippen LogP contribution in [0.5, 0.6) is 0 Å². The quantitative estimate of drug-likeness (QED) is 0.825. The number of nitrogens with zero attached hydrogens (tertiary/aromatic N) is 3. The fraction of sp³-hybridized carbons (Fsp3) is 0.688. The van der Waals surface area contributed by atoms with Crippen molar-refractivity contribution in [3.8, 4) is 0 Å². The van der Waals surface area contributed by atoms with E-state index in [-0.39, 0.29) is 12.0 Å². The summed E-state index contributed by atoms with van der Waals surface area (Å²) >= 11 is 0. The van der Waals surface area contributed by atoms with E-state index in [1.54, 1.807) is 0 Å². The number of esters is 1. The molecule has 1 aromatic rings. The molecule has 0 aromatic carbocycles. The number of cyclic esters (lactones) is 1. The van der Waals surface area contributed by atoms with E-state index in [1.165, 1.54) is 6.42 Å². The number of rotatable bonds is 2. The summed E-state index contributed by atoms with van der Waals surface area (Å²) in [6.07, 6.45) is 3.83. The number of carbonyl (C=O) groups is 1. The summed E-state index contributed by atoms with van der Waals surface area (Å²) < 4.78 is 5.56. The first-order valence-electron chi connectivity index (χ1n) is 8.30. The van der Waals surface area contributed by atoms with E-state index in [2.05, 4.69) is 22.1 Å². The van der Waals surface area contributed by atoms with Crippen molar-refractivity contribution in [2.45, 2.75) is 57.7 Å². The number of hydrogen-bond donors (Lipinski definition) is 1. The van der Waals surface area contributed by atoms with Gasteiger partial charge in [-0.25, -0.2) is 14.8 Å². The van der Waals surface area contributed by atoms with Gasteiger partial charge < -0.3 is 15.0 Å². The predicted molar refractivity (Wildman–Crippen MR) is 82.2 cm³/mol. The standard InChI is InChI=1S/C16H22N4O2/c1-3-10-14-15(19-13(4-2)18-10)20-7-9-5-6-11(17-9)12(20)8-22-16(14)21/h9,11-12,17H,3-8H2,1-2H3. The predicted octanol–water partition coefficient (Wildman–Crippen LogP) is 1.08. The molecular formula is C16H22N4O2. The molecule has 0 spiro atoms. The van der Waals surface area contributed by atoms with E-state index in [0.717, 1.165) is 43.1 Å². The molecule has 2 fully saturated rings. The number of aromatic nitrogens is 2. The average Bonchev–Trinajstić information content (AvgIpc) is 2.87. The molecule has 3 atom stereocenters. The normalized spacial score (nSPS) is 29.6. The van der Waals surface area contributed by atoms with E-state index in [1.807, 2.05) is 6.92 Å². The maximum atomic E-state index is 12.5. The summed E-state index contributed by atoms with van der Waals surface area (Å²) in [5.41, 5.74) is 1.40. The lowest BCUT2D eigenvalue weighted by Gasteiger charge is -2.40. The second-order valence-electron chi connectivity index (χ2n) is 6.36. The van der Waals surface area contributed by atoms with Crippen LogP contribution in [0, 0.1) is 0 Å². The number of nitrogens with one attached hydrogen (secondary N) is 1. The molecule has 1 N–H and O–H groups in total. The molecule has 0 radical (unpaired) electrons. The van der Waals surface area contributed by atoms with Gasteiger partial charge >= 0.3 is 5.97 Å². The maximum Gasteiger partial charge on any atom is 0.343 e. The Morgan fingerprint density at radius 1 is 1.27 bits per heavy atom. The Balaban J connectivity index is 1.87. The molecule has 22 heavy (non-hydrogen) atoms. The molecule has 6 heteroatoms. The zero-order valence-corrected chi connectivity index (χ0v) is 13.1. The summed E-state index contributed by atoms with van der Waals surface area (Å²) in [5, 5.41) is 3.64. The van der Waals surface area contributed by atoms with Crippen LogP contribution in [-0.2, 0) is 17.6 Å². The topological polar surface area (TPSA) is 67.3 Å². The Labute approximate surface area is 130 Å². The highest BCUT2D eigenvalue weighted by Gasteiger charge is 2.44. The minimum absolute atomic E-state index is 0.188. The lowest BCUT2D eigenvalue weighted by atomic mass is 10.0. The van der Waals surface area contributed by atoms with Crippen molar-refractivity contribution in [3.63, 3.8) is 0 Å². The summed E-state index contributed by atoms with van der Waals surface area (Å²) in [6.45, 7) is 5.41.